The topological polar surface area (TPSA) is 63.2 Å². The standard InChI is InChI=1S/C16H16INO3S/c1-2-22(20,21)15-9-3-12(4-10-15)11-16(19)18-14-7-5-13(17)6-8-14/h3-10H,2,11H2,1H3,(H,18,19). The first-order chi connectivity index (χ1) is 10.4. The van der Waals surface area contributed by atoms with Crippen molar-refractivity contribution in [2.45, 2.75) is 18.2 Å². The van der Waals surface area contributed by atoms with Crippen LogP contribution in [0.2, 0.25) is 0 Å². The van der Waals surface area contributed by atoms with Crippen LogP contribution in [0.15, 0.2) is 53.4 Å². The zero-order chi connectivity index (χ0) is 16.2. The molecule has 1 N–H and O–H groups in total. The number of hydrogen-bond acceptors (Lipinski definition) is 3. The molecule has 0 radical (unpaired) electrons. The van der Waals surface area contributed by atoms with E-state index in [9.17, 15) is 13.2 Å². The fraction of sp³-hybridized carbons (Fsp3) is 0.188. The van der Waals surface area contributed by atoms with Crippen LogP contribution in [0.5, 0.6) is 0 Å². The van der Waals surface area contributed by atoms with E-state index in [0.717, 1.165) is 14.8 Å². The van der Waals surface area contributed by atoms with E-state index in [2.05, 4.69) is 27.9 Å². The Morgan fingerprint density at radius 3 is 2.18 bits per heavy atom. The highest BCUT2D eigenvalue weighted by atomic mass is 127. The fourth-order valence-corrected chi connectivity index (χ4v) is 3.15. The van der Waals surface area contributed by atoms with Crippen LogP contribution >= 0.6 is 22.6 Å². The van der Waals surface area contributed by atoms with Gasteiger partial charge in [-0.15, -0.1) is 0 Å². The van der Waals surface area contributed by atoms with E-state index in [-0.39, 0.29) is 23.0 Å². The summed E-state index contributed by atoms with van der Waals surface area (Å²) in [6.07, 6.45) is 0.207. The van der Waals surface area contributed by atoms with E-state index in [1.54, 1.807) is 31.2 Å². The van der Waals surface area contributed by atoms with Gasteiger partial charge in [-0.05, 0) is 64.6 Å². The first-order valence-electron chi connectivity index (χ1n) is 6.78. The number of hydrogen-bond donors (Lipinski definition) is 1. The van der Waals surface area contributed by atoms with Gasteiger partial charge in [-0.3, -0.25) is 4.79 Å². The molecular weight excluding hydrogens is 413 g/mol. The quantitative estimate of drug-likeness (QED) is 0.743. The van der Waals surface area contributed by atoms with Crippen molar-refractivity contribution in [3.8, 4) is 0 Å². The van der Waals surface area contributed by atoms with Crippen molar-refractivity contribution < 1.29 is 13.2 Å². The van der Waals surface area contributed by atoms with Gasteiger partial charge >= 0.3 is 0 Å². The first-order valence-corrected chi connectivity index (χ1v) is 9.51. The van der Waals surface area contributed by atoms with Crippen LogP contribution in [0, 0.1) is 3.57 Å². The normalized spacial score (nSPS) is 11.2. The molecule has 0 aromatic heterocycles. The Morgan fingerprint density at radius 2 is 1.64 bits per heavy atom. The van der Waals surface area contributed by atoms with E-state index >= 15 is 0 Å². The number of nitrogens with one attached hydrogen (secondary N) is 1. The second kappa shape index (κ2) is 7.23. The van der Waals surface area contributed by atoms with Gasteiger partial charge in [0.05, 0.1) is 17.1 Å². The van der Waals surface area contributed by atoms with Gasteiger partial charge in [0.15, 0.2) is 9.84 Å². The number of amides is 1. The highest BCUT2D eigenvalue weighted by Crippen LogP contribution is 2.14. The molecule has 6 heteroatoms. The lowest BCUT2D eigenvalue weighted by molar-refractivity contribution is -0.115. The molecule has 2 rings (SSSR count). The Morgan fingerprint density at radius 1 is 1.05 bits per heavy atom. The van der Waals surface area contributed by atoms with Crippen LogP contribution in [-0.4, -0.2) is 20.1 Å². The first kappa shape index (κ1) is 17.0. The molecule has 0 aliphatic rings. The molecule has 2 aromatic carbocycles. The number of benzene rings is 2. The average molecular weight is 429 g/mol. The van der Waals surface area contributed by atoms with Crippen molar-refractivity contribution in [3.63, 3.8) is 0 Å². The monoisotopic (exact) mass is 429 g/mol. The average Bonchev–Trinajstić information content (AvgIpc) is 2.50. The molecule has 1 amide bonds. The maximum absolute atomic E-state index is 12.0. The Hall–Kier alpha value is -1.41. The highest BCUT2D eigenvalue weighted by Gasteiger charge is 2.11. The molecule has 4 nitrogen and oxygen atoms in total. The van der Waals surface area contributed by atoms with Crippen LogP contribution in [0.3, 0.4) is 0 Å². The summed E-state index contributed by atoms with van der Waals surface area (Å²) in [5.74, 6) is -0.0630. The molecule has 0 saturated heterocycles. The number of carbonyl (C=O) groups excluding carboxylic acids is 1. The number of anilines is 1. The van der Waals surface area contributed by atoms with Crippen molar-refractivity contribution in [1.82, 2.24) is 0 Å². The van der Waals surface area contributed by atoms with Crippen molar-refractivity contribution in [2.75, 3.05) is 11.1 Å². The third-order valence-corrected chi connectivity index (χ3v) is 5.62. The second-order valence-corrected chi connectivity index (χ2v) is 8.30. The van der Waals surface area contributed by atoms with Crippen LogP contribution in [0.1, 0.15) is 12.5 Å². The number of rotatable bonds is 5. The summed E-state index contributed by atoms with van der Waals surface area (Å²) in [6.45, 7) is 1.61. The van der Waals surface area contributed by atoms with Crippen LogP contribution in [0.4, 0.5) is 5.69 Å². The number of sulfone groups is 1. The van der Waals surface area contributed by atoms with E-state index in [1.807, 2.05) is 24.3 Å². The Kier molecular flexibility index (Phi) is 5.57. The smallest absolute Gasteiger partial charge is 0.228 e. The Balaban J connectivity index is 2.01. The summed E-state index contributed by atoms with van der Waals surface area (Å²) < 4.78 is 24.5. The maximum Gasteiger partial charge on any atom is 0.228 e. The van der Waals surface area contributed by atoms with E-state index in [1.165, 1.54) is 0 Å². The molecule has 0 atom stereocenters. The lowest BCUT2D eigenvalue weighted by Gasteiger charge is -2.06. The van der Waals surface area contributed by atoms with Gasteiger partial charge in [0.2, 0.25) is 5.91 Å². The van der Waals surface area contributed by atoms with Crippen molar-refractivity contribution in [3.05, 3.63) is 57.7 Å². The highest BCUT2D eigenvalue weighted by molar-refractivity contribution is 14.1. The minimum atomic E-state index is -3.20. The molecule has 0 saturated carbocycles. The minimum Gasteiger partial charge on any atom is -0.326 e. The summed E-state index contributed by atoms with van der Waals surface area (Å²) in [5, 5.41) is 2.81. The lowest BCUT2D eigenvalue weighted by atomic mass is 10.1. The molecule has 2 aromatic rings. The summed E-state index contributed by atoms with van der Waals surface area (Å²) in [4.78, 5) is 12.3. The Labute approximate surface area is 144 Å². The summed E-state index contributed by atoms with van der Waals surface area (Å²) in [6, 6.07) is 14.0. The zero-order valence-electron chi connectivity index (χ0n) is 12.0. The molecule has 0 fully saturated rings. The minimum absolute atomic E-state index is 0.0691. The summed E-state index contributed by atoms with van der Waals surface area (Å²) in [7, 11) is -3.20. The van der Waals surface area contributed by atoms with E-state index in [0.29, 0.717) is 0 Å². The van der Waals surface area contributed by atoms with E-state index in [4.69, 9.17) is 0 Å². The predicted octanol–water partition coefficient (Wildman–Crippen LogP) is 3.27. The van der Waals surface area contributed by atoms with Gasteiger partial charge in [0, 0.05) is 9.26 Å². The van der Waals surface area contributed by atoms with Gasteiger partial charge in [0.25, 0.3) is 0 Å². The predicted molar refractivity (Wildman–Crippen MR) is 95.7 cm³/mol. The zero-order valence-corrected chi connectivity index (χ0v) is 15.0. The van der Waals surface area contributed by atoms with Gasteiger partial charge < -0.3 is 5.32 Å². The third-order valence-electron chi connectivity index (χ3n) is 3.16. The molecule has 0 heterocycles. The SMILES string of the molecule is CCS(=O)(=O)c1ccc(CC(=O)Nc2ccc(I)cc2)cc1. The lowest BCUT2D eigenvalue weighted by Crippen LogP contribution is -2.14. The summed E-state index contributed by atoms with van der Waals surface area (Å²) >= 11 is 2.20. The molecule has 0 unspecified atom stereocenters. The molecule has 116 valence electrons. The van der Waals surface area contributed by atoms with Crippen molar-refractivity contribution in [2.24, 2.45) is 0 Å². The summed E-state index contributed by atoms with van der Waals surface area (Å²) in [5.41, 5.74) is 1.52. The van der Waals surface area contributed by atoms with Crippen LogP contribution in [-0.2, 0) is 21.1 Å². The van der Waals surface area contributed by atoms with Crippen molar-refractivity contribution >= 4 is 44.0 Å². The van der Waals surface area contributed by atoms with Gasteiger partial charge in [-0.1, -0.05) is 19.1 Å². The molecule has 22 heavy (non-hydrogen) atoms. The molecule has 0 aliphatic heterocycles. The van der Waals surface area contributed by atoms with Crippen molar-refractivity contribution in [1.29, 1.82) is 0 Å². The molecule has 0 bridgehead atoms. The Bertz CT molecular complexity index is 753. The van der Waals surface area contributed by atoms with Gasteiger partial charge in [0.1, 0.15) is 0 Å². The molecule has 0 spiro atoms. The van der Waals surface area contributed by atoms with Crippen LogP contribution < -0.4 is 5.32 Å². The second-order valence-electron chi connectivity index (χ2n) is 4.78. The van der Waals surface area contributed by atoms with Gasteiger partial charge in [-0.25, -0.2) is 8.42 Å². The van der Waals surface area contributed by atoms with Gasteiger partial charge in [-0.2, -0.15) is 0 Å². The van der Waals surface area contributed by atoms with Crippen LogP contribution in [0.25, 0.3) is 0 Å². The third kappa shape index (κ3) is 4.54. The number of halogens is 1. The number of carbonyl (C=O) groups is 1. The maximum atomic E-state index is 12.0. The molecular formula is C16H16INO3S. The van der Waals surface area contributed by atoms with E-state index < -0.39 is 9.84 Å². The molecule has 0 aliphatic carbocycles. The largest absolute Gasteiger partial charge is 0.326 e. The fourth-order valence-electron chi connectivity index (χ4n) is 1.91.